The molecule has 0 heterocycles. The first kappa shape index (κ1) is 29.3. The number of aliphatic hydroxyl groups excluding tert-OH is 4. The molecule has 6 nitrogen and oxygen atoms in total. The highest BCUT2D eigenvalue weighted by Crippen LogP contribution is 2.36. The predicted octanol–water partition coefficient (Wildman–Crippen LogP) is 4.22. The number of halogens is 3. The second-order valence-corrected chi connectivity index (χ2v) is 9.18. The minimum Gasteiger partial charge on any atom is -0.491 e. The van der Waals surface area contributed by atoms with Gasteiger partial charge in [-0.3, -0.25) is 0 Å². The number of benzene rings is 1. The highest BCUT2D eigenvalue weighted by Gasteiger charge is 2.39. The molecule has 0 saturated heterocycles. The predicted molar refractivity (Wildman–Crippen MR) is 126 cm³/mol. The number of alkyl halides is 3. The molecular formula is C26H37F3O6. The van der Waals surface area contributed by atoms with Gasteiger partial charge in [0.15, 0.2) is 6.29 Å². The molecule has 0 amide bonds. The van der Waals surface area contributed by atoms with Crippen LogP contribution in [0, 0.1) is 11.8 Å². The molecule has 1 aromatic carbocycles. The van der Waals surface area contributed by atoms with Gasteiger partial charge in [0.1, 0.15) is 18.5 Å². The summed E-state index contributed by atoms with van der Waals surface area (Å²) in [5, 5.41) is 40.6. The minimum atomic E-state index is -4.48. The monoisotopic (exact) mass is 502 g/mol. The van der Waals surface area contributed by atoms with Crippen molar-refractivity contribution in [3.05, 3.63) is 54.1 Å². The van der Waals surface area contributed by atoms with E-state index in [9.17, 15) is 33.6 Å². The minimum absolute atomic E-state index is 0.00472. The lowest BCUT2D eigenvalue weighted by Gasteiger charge is -2.20. The van der Waals surface area contributed by atoms with Crippen LogP contribution in [0.1, 0.15) is 51.5 Å². The SMILES string of the molecule is CC(C)OC(O)CCCC=CCC1C(O)CC(O)C1C=CC(O)COc1cccc(C(F)(F)F)c1. The van der Waals surface area contributed by atoms with E-state index in [0.29, 0.717) is 12.8 Å². The Balaban J connectivity index is 1.82. The quantitative estimate of drug-likeness (QED) is 0.183. The van der Waals surface area contributed by atoms with Crippen molar-refractivity contribution in [2.45, 2.75) is 82.8 Å². The average molecular weight is 503 g/mol. The zero-order chi connectivity index (χ0) is 26.0. The summed E-state index contributed by atoms with van der Waals surface area (Å²) < 4.78 is 49.0. The van der Waals surface area contributed by atoms with E-state index in [1.54, 1.807) is 6.08 Å². The van der Waals surface area contributed by atoms with E-state index >= 15 is 0 Å². The van der Waals surface area contributed by atoms with Crippen molar-refractivity contribution in [1.29, 1.82) is 0 Å². The molecule has 1 aromatic rings. The van der Waals surface area contributed by atoms with Gasteiger partial charge < -0.3 is 29.9 Å². The lowest BCUT2D eigenvalue weighted by atomic mass is 9.89. The van der Waals surface area contributed by atoms with Gasteiger partial charge in [-0.15, -0.1) is 0 Å². The molecule has 1 aliphatic rings. The first-order chi connectivity index (χ1) is 16.5. The Morgan fingerprint density at radius 2 is 1.86 bits per heavy atom. The Bertz CT molecular complexity index is 811. The molecule has 2 rings (SSSR count). The molecule has 0 radical (unpaired) electrons. The third-order valence-corrected chi connectivity index (χ3v) is 5.88. The van der Waals surface area contributed by atoms with Crippen LogP contribution in [0.2, 0.25) is 0 Å². The van der Waals surface area contributed by atoms with Gasteiger partial charge in [0.25, 0.3) is 0 Å². The van der Waals surface area contributed by atoms with Crippen molar-refractivity contribution >= 4 is 0 Å². The highest BCUT2D eigenvalue weighted by molar-refractivity contribution is 5.30. The number of ether oxygens (including phenoxy) is 2. The lowest BCUT2D eigenvalue weighted by Crippen LogP contribution is -2.21. The van der Waals surface area contributed by atoms with Crippen LogP contribution in [0.3, 0.4) is 0 Å². The molecule has 35 heavy (non-hydrogen) atoms. The van der Waals surface area contributed by atoms with Crippen LogP contribution in [0.25, 0.3) is 0 Å². The van der Waals surface area contributed by atoms with Gasteiger partial charge in [0, 0.05) is 12.3 Å². The Morgan fingerprint density at radius 1 is 1.11 bits per heavy atom. The molecule has 0 aliphatic heterocycles. The molecule has 1 saturated carbocycles. The lowest BCUT2D eigenvalue weighted by molar-refractivity contribution is -0.137. The summed E-state index contributed by atoms with van der Waals surface area (Å²) in [5.41, 5.74) is -0.834. The van der Waals surface area contributed by atoms with Crippen LogP contribution in [0.5, 0.6) is 5.75 Å². The number of hydrogen-bond acceptors (Lipinski definition) is 6. The van der Waals surface area contributed by atoms with Crippen LogP contribution in [-0.4, -0.2) is 57.7 Å². The average Bonchev–Trinajstić information content (AvgIpc) is 3.04. The summed E-state index contributed by atoms with van der Waals surface area (Å²) in [6, 6.07) is 4.42. The van der Waals surface area contributed by atoms with Crippen molar-refractivity contribution in [2.24, 2.45) is 11.8 Å². The van der Waals surface area contributed by atoms with Crippen LogP contribution < -0.4 is 4.74 Å². The van der Waals surface area contributed by atoms with Crippen molar-refractivity contribution in [3.63, 3.8) is 0 Å². The third-order valence-electron chi connectivity index (χ3n) is 5.88. The van der Waals surface area contributed by atoms with Gasteiger partial charge in [0.05, 0.1) is 23.9 Å². The van der Waals surface area contributed by atoms with E-state index in [4.69, 9.17) is 9.47 Å². The molecule has 6 unspecified atom stereocenters. The molecule has 9 heteroatoms. The largest absolute Gasteiger partial charge is 0.491 e. The van der Waals surface area contributed by atoms with E-state index in [1.807, 2.05) is 26.0 Å². The number of hydrogen-bond donors (Lipinski definition) is 4. The van der Waals surface area contributed by atoms with E-state index in [1.165, 1.54) is 18.2 Å². The standard InChI is InChI=1S/C26H37F3O6/c1-17(2)35-25(33)11-6-4-3-5-10-21-22(24(32)15-23(21)31)13-12-19(30)16-34-20-9-7-8-18(14-20)26(27,28)29/h3,5,7-9,12-14,17,19,21-25,30-33H,4,6,10-11,15-16H2,1-2H3. The topological polar surface area (TPSA) is 99.4 Å². The van der Waals surface area contributed by atoms with Gasteiger partial charge in [-0.05, 0) is 63.6 Å². The summed E-state index contributed by atoms with van der Waals surface area (Å²) >= 11 is 0. The van der Waals surface area contributed by atoms with Crippen molar-refractivity contribution in [3.8, 4) is 5.75 Å². The smallest absolute Gasteiger partial charge is 0.416 e. The van der Waals surface area contributed by atoms with E-state index in [2.05, 4.69) is 0 Å². The van der Waals surface area contributed by atoms with Gasteiger partial charge in [-0.1, -0.05) is 30.4 Å². The molecule has 4 N–H and O–H groups in total. The molecule has 0 spiro atoms. The van der Waals surface area contributed by atoms with Crippen molar-refractivity contribution in [1.82, 2.24) is 0 Å². The number of aliphatic hydroxyl groups is 4. The van der Waals surface area contributed by atoms with Crippen molar-refractivity contribution < 1.29 is 43.1 Å². The summed E-state index contributed by atoms with van der Waals surface area (Å²) in [6.45, 7) is 3.47. The normalized spacial score (nSPS) is 25.1. The second kappa shape index (κ2) is 14.0. The van der Waals surface area contributed by atoms with E-state index in [0.717, 1.165) is 25.0 Å². The highest BCUT2D eigenvalue weighted by atomic mass is 19.4. The third kappa shape index (κ3) is 10.3. The number of unbranched alkanes of at least 4 members (excludes halogenated alkanes) is 1. The van der Waals surface area contributed by atoms with E-state index in [-0.39, 0.29) is 36.7 Å². The Kier molecular flexibility index (Phi) is 11.7. The molecule has 0 bridgehead atoms. The van der Waals surface area contributed by atoms with Gasteiger partial charge in [0.2, 0.25) is 0 Å². The first-order valence-electron chi connectivity index (χ1n) is 12.0. The second-order valence-electron chi connectivity index (χ2n) is 9.18. The molecule has 1 aliphatic carbocycles. The fraction of sp³-hybridized carbons (Fsp3) is 0.615. The van der Waals surface area contributed by atoms with Crippen LogP contribution in [-0.2, 0) is 10.9 Å². The van der Waals surface area contributed by atoms with Crippen LogP contribution in [0.15, 0.2) is 48.6 Å². The Labute approximate surface area is 204 Å². The molecule has 1 fully saturated rings. The van der Waals surface area contributed by atoms with Gasteiger partial charge >= 0.3 is 6.18 Å². The number of allylic oxidation sites excluding steroid dienone is 2. The molecular weight excluding hydrogens is 465 g/mol. The zero-order valence-corrected chi connectivity index (χ0v) is 20.1. The fourth-order valence-electron chi connectivity index (χ4n) is 4.13. The van der Waals surface area contributed by atoms with Crippen LogP contribution in [0.4, 0.5) is 13.2 Å². The summed E-state index contributed by atoms with van der Waals surface area (Å²) in [4.78, 5) is 0. The summed E-state index contributed by atoms with van der Waals surface area (Å²) in [6.07, 6.45) is 1.92. The fourth-order valence-corrected chi connectivity index (χ4v) is 4.13. The zero-order valence-electron chi connectivity index (χ0n) is 20.1. The maximum absolute atomic E-state index is 12.8. The maximum atomic E-state index is 12.8. The van der Waals surface area contributed by atoms with Crippen LogP contribution >= 0.6 is 0 Å². The van der Waals surface area contributed by atoms with Gasteiger partial charge in [-0.2, -0.15) is 13.2 Å². The Morgan fingerprint density at radius 3 is 2.54 bits per heavy atom. The van der Waals surface area contributed by atoms with Crippen molar-refractivity contribution in [2.75, 3.05) is 6.61 Å². The van der Waals surface area contributed by atoms with Gasteiger partial charge in [-0.25, -0.2) is 0 Å². The number of rotatable bonds is 13. The molecule has 0 aromatic heterocycles. The summed E-state index contributed by atoms with van der Waals surface area (Å²) in [5.74, 6) is -0.613. The maximum Gasteiger partial charge on any atom is 0.416 e. The van der Waals surface area contributed by atoms with E-state index < -0.39 is 36.3 Å². The first-order valence-corrected chi connectivity index (χ1v) is 12.0. The molecule has 6 atom stereocenters. The Hall–Kier alpha value is -1.91. The molecule has 198 valence electrons. The summed E-state index contributed by atoms with van der Waals surface area (Å²) in [7, 11) is 0.